The molecule has 0 fully saturated rings. The Hall–Kier alpha value is -5.20. The number of benzene rings is 6. The number of hydrogen-bond acceptors (Lipinski definition) is 0. The Bertz CT molecular complexity index is 1910. The third-order valence-electron chi connectivity index (χ3n) is 9.68. The zero-order chi connectivity index (χ0) is 27.8. The van der Waals surface area contributed by atoms with Crippen LogP contribution in [0.15, 0.2) is 152 Å². The van der Waals surface area contributed by atoms with E-state index in [0.717, 1.165) is 0 Å². The van der Waals surface area contributed by atoms with Crippen LogP contribution in [0.25, 0.3) is 44.5 Å². The van der Waals surface area contributed by atoms with Gasteiger partial charge in [0.15, 0.2) is 0 Å². The lowest BCUT2D eigenvalue weighted by molar-refractivity contribution is 0.827. The van der Waals surface area contributed by atoms with Crippen molar-refractivity contribution in [3.8, 4) is 22.3 Å². The summed E-state index contributed by atoms with van der Waals surface area (Å²) in [6.07, 6.45) is 0. The molecule has 0 heterocycles. The number of hydrogen-bond donors (Lipinski definition) is 0. The van der Waals surface area contributed by atoms with Gasteiger partial charge >= 0.3 is 0 Å². The van der Waals surface area contributed by atoms with Gasteiger partial charge in [-0.25, -0.2) is 0 Å². The molecule has 0 spiro atoms. The van der Waals surface area contributed by atoms with Gasteiger partial charge in [0.05, 0.1) is 0 Å². The number of allylic oxidation sites excluding steroid dienone is 2. The fourth-order valence-corrected chi connectivity index (χ4v) is 7.99. The minimum atomic E-state index is -0.398. The SMILES string of the molecule is CC1(c2ccccc2)C(=C2c3ccccc3-c3ccccc32)c2ccccc2C1=C1c2ccccc2-c2ccccc21. The summed E-state index contributed by atoms with van der Waals surface area (Å²) >= 11 is 0. The van der Waals surface area contributed by atoms with Crippen molar-refractivity contribution in [1.29, 1.82) is 0 Å². The van der Waals surface area contributed by atoms with E-state index in [2.05, 4.69) is 159 Å². The van der Waals surface area contributed by atoms with Crippen molar-refractivity contribution in [3.05, 3.63) is 191 Å². The minimum absolute atomic E-state index is 0.398. The van der Waals surface area contributed by atoms with Crippen LogP contribution in [-0.2, 0) is 5.41 Å². The van der Waals surface area contributed by atoms with Crippen LogP contribution >= 0.6 is 0 Å². The number of rotatable bonds is 1. The molecule has 3 aliphatic carbocycles. The predicted molar refractivity (Wildman–Crippen MR) is 176 cm³/mol. The first-order valence-electron chi connectivity index (χ1n) is 14.8. The van der Waals surface area contributed by atoms with E-state index < -0.39 is 5.41 Å². The molecule has 0 N–H and O–H groups in total. The molecular weight excluding hydrogens is 504 g/mol. The molecule has 0 unspecified atom stereocenters. The molecule has 6 aromatic carbocycles. The van der Waals surface area contributed by atoms with Crippen LogP contribution in [0.1, 0.15) is 45.9 Å². The van der Waals surface area contributed by atoms with Crippen LogP contribution in [0.5, 0.6) is 0 Å². The zero-order valence-electron chi connectivity index (χ0n) is 23.4. The van der Waals surface area contributed by atoms with Gasteiger partial charge in [0.1, 0.15) is 0 Å². The Morgan fingerprint density at radius 2 is 0.548 bits per heavy atom. The number of fused-ring (bicyclic) bond motifs is 7. The Kier molecular flexibility index (Phi) is 4.84. The quantitative estimate of drug-likeness (QED) is 0.197. The highest BCUT2D eigenvalue weighted by Gasteiger charge is 2.49. The van der Waals surface area contributed by atoms with Crippen LogP contribution in [-0.4, -0.2) is 0 Å². The summed E-state index contributed by atoms with van der Waals surface area (Å²) in [4.78, 5) is 0. The van der Waals surface area contributed by atoms with Crippen LogP contribution in [0.3, 0.4) is 0 Å². The maximum Gasteiger partial charge on any atom is 0.0448 e. The van der Waals surface area contributed by atoms with E-state index in [0.29, 0.717) is 0 Å². The van der Waals surface area contributed by atoms with Crippen LogP contribution in [0, 0.1) is 0 Å². The van der Waals surface area contributed by atoms with Gasteiger partial charge < -0.3 is 0 Å². The Morgan fingerprint density at radius 3 is 0.881 bits per heavy atom. The van der Waals surface area contributed by atoms with E-state index in [1.54, 1.807) is 0 Å². The lowest BCUT2D eigenvalue weighted by atomic mass is 9.69. The molecule has 0 radical (unpaired) electrons. The van der Waals surface area contributed by atoms with Gasteiger partial charge in [0.25, 0.3) is 0 Å². The molecule has 6 aromatic rings. The van der Waals surface area contributed by atoms with Gasteiger partial charge in [-0.1, -0.05) is 152 Å². The molecular formula is C42H28. The molecule has 0 nitrogen and oxygen atoms in total. The lowest BCUT2D eigenvalue weighted by Gasteiger charge is -2.33. The molecule has 0 atom stereocenters. The van der Waals surface area contributed by atoms with Crippen LogP contribution in [0.2, 0.25) is 0 Å². The van der Waals surface area contributed by atoms with Gasteiger partial charge in [0.2, 0.25) is 0 Å². The van der Waals surface area contributed by atoms with Crippen molar-refractivity contribution < 1.29 is 0 Å². The van der Waals surface area contributed by atoms with E-state index in [4.69, 9.17) is 0 Å². The average Bonchev–Trinajstić information content (AvgIpc) is 3.65. The third kappa shape index (κ3) is 2.96. The van der Waals surface area contributed by atoms with Crippen LogP contribution < -0.4 is 0 Å². The molecule has 3 aliphatic rings. The van der Waals surface area contributed by atoms with Crippen molar-refractivity contribution in [2.45, 2.75) is 12.3 Å². The standard InChI is InChI=1S/C42H28/c1-42(27-15-3-2-4-16-27)40(38-32-21-9-5-17-28(32)29-18-6-10-22-33(29)38)36-25-13-14-26-37(36)41(42)39-34-23-11-7-19-30(34)31-20-8-12-24-35(31)39/h2-26H,1H3. The van der Waals surface area contributed by atoms with Crippen LogP contribution in [0.4, 0.5) is 0 Å². The molecule has 0 heteroatoms. The first kappa shape index (κ1) is 23.5. The molecule has 42 heavy (non-hydrogen) atoms. The monoisotopic (exact) mass is 532 g/mol. The largest absolute Gasteiger partial charge is 0.0622 e. The van der Waals surface area contributed by atoms with Crippen molar-refractivity contribution in [1.82, 2.24) is 0 Å². The van der Waals surface area contributed by atoms with Crippen molar-refractivity contribution in [3.63, 3.8) is 0 Å². The van der Waals surface area contributed by atoms with Crippen molar-refractivity contribution >= 4 is 22.3 Å². The average molecular weight is 533 g/mol. The van der Waals surface area contributed by atoms with E-state index in [9.17, 15) is 0 Å². The van der Waals surface area contributed by atoms with Gasteiger partial charge in [0, 0.05) is 5.41 Å². The first-order chi connectivity index (χ1) is 20.8. The molecule has 0 amide bonds. The summed E-state index contributed by atoms with van der Waals surface area (Å²) in [5, 5.41) is 0. The fourth-order valence-electron chi connectivity index (χ4n) is 7.99. The van der Waals surface area contributed by atoms with Gasteiger partial charge in [-0.3, -0.25) is 0 Å². The van der Waals surface area contributed by atoms with Crippen molar-refractivity contribution in [2.75, 3.05) is 0 Å². The summed E-state index contributed by atoms with van der Waals surface area (Å²) in [5.41, 5.74) is 19.7. The Labute approximate surface area is 247 Å². The van der Waals surface area contributed by atoms with Gasteiger partial charge in [-0.05, 0) is 90.4 Å². The van der Waals surface area contributed by atoms with E-state index in [1.165, 1.54) is 83.5 Å². The Morgan fingerprint density at radius 1 is 0.286 bits per heavy atom. The summed E-state index contributed by atoms with van der Waals surface area (Å²) in [7, 11) is 0. The third-order valence-corrected chi connectivity index (χ3v) is 9.68. The normalized spacial score (nSPS) is 15.3. The first-order valence-corrected chi connectivity index (χ1v) is 14.8. The topological polar surface area (TPSA) is 0 Å². The molecule has 0 aromatic heterocycles. The van der Waals surface area contributed by atoms with Gasteiger partial charge in [-0.2, -0.15) is 0 Å². The second-order valence-corrected chi connectivity index (χ2v) is 11.7. The maximum atomic E-state index is 2.47. The highest BCUT2D eigenvalue weighted by atomic mass is 14.5. The molecule has 9 rings (SSSR count). The van der Waals surface area contributed by atoms with Crippen molar-refractivity contribution in [2.24, 2.45) is 0 Å². The Balaban J connectivity index is 1.51. The molecule has 0 bridgehead atoms. The molecule has 0 saturated carbocycles. The van der Waals surface area contributed by atoms with E-state index >= 15 is 0 Å². The highest BCUT2D eigenvalue weighted by Crippen LogP contribution is 2.64. The minimum Gasteiger partial charge on any atom is -0.0622 e. The second-order valence-electron chi connectivity index (χ2n) is 11.7. The molecule has 0 aliphatic heterocycles. The summed E-state index contributed by atoms with van der Waals surface area (Å²) in [6, 6.07) is 56.1. The van der Waals surface area contributed by atoms with Gasteiger partial charge in [-0.15, -0.1) is 0 Å². The van der Waals surface area contributed by atoms with E-state index in [1.807, 2.05) is 0 Å². The predicted octanol–water partition coefficient (Wildman–Crippen LogP) is 10.5. The lowest BCUT2D eigenvalue weighted by Crippen LogP contribution is -2.23. The second kappa shape index (κ2) is 8.65. The summed E-state index contributed by atoms with van der Waals surface area (Å²) < 4.78 is 0. The summed E-state index contributed by atoms with van der Waals surface area (Å²) in [5.74, 6) is 0. The zero-order valence-corrected chi connectivity index (χ0v) is 23.4. The maximum absolute atomic E-state index is 2.47. The fraction of sp³-hybridized carbons (Fsp3) is 0.0476. The summed E-state index contributed by atoms with van der Waals surface area (Å²) in [6.45, 7) is 2.47. The van der Waals surface area contributed by atoms with E-state index in [-0.39, 0.29) is 0 Å². The molecule has 196 valence electrons. The smallest absolute Gasteiger partial charge is 0.0448 e. The highest BCUT2D eigenvalue weighted by molar-refractivity contribution is 6.24. The molecule has 0 saturated heterocycles.